The number of anilines is 1. The number of carbonyl (C=O) groups excluding carboxylic acids is 2. The number of amides is 2. The highest BCUT2D eigenvalue weighted by atomic mass is 35.5. The first kappa shape index (κ1) is 28.0. The summed E-state index contributed by atoms with van der Waals surface area (Å²) < 4.78 is 7.07. The predicted octanol–water partition coefficient (Wildman–Crippen LogP) is 7.14. The number of aromatic nitrogens is 2. The zero-order valence-electron chi connectivity index (χ0n) is 22.1. The summed E-state index contributed by atoms with van der Waals surface area (Å²) in [5.41, 5.74) is 3.58. The molecular formula is C32H26Cl2N4O3. The van der Waals surface area contributed by atoms with Crippen molar-refractivity contribution in [3.8, 4) is 22.7 Å². The van der Waals surface area contributed by atoms with Crippen molar-refractivity contribution in [2.45, 2.75) is 6.54 Å². The van der Waals surface area contributed by atoms with Gasteiger partial charge in [0.15, 0.2) is 0 Å². The molecule has 4 aromatic carbocycles. The van der Waals surface area contributed by atoms with Crippen molar-refractivity contribution in [2.24, 2.45) is 0 Å². The van der Waals surface area contributed by atoms with E-state index >= 15 is 0 Å². The summed E-state index contributed by atoms with van der Waals surface area (Å²) in [6.07, 6.45) is 1.83. The minimum Gasteiger partial charge on any atom is -0.497 e. The van der Waals surface area contributed by atoms with E-state index in [1.54, 1.807) is 48.1 Å². The zero-order chi connectivity index (χ0) is 28.8. The Labute approximate surface area is 247 Å². The van der Waals surface area contributed by atoms with Gasteiger partial charge in [-0.2, -0.15) is 0 Å². The Morgan fingerprint density at radius 3 is 2.12 bits per heavy atom. The topological polar surface area (TPSA) is 76.5 Å². The molecule has 5 aromatic rings. The molecule has 0 saturated heterocycles. The van der Waals surface area contributed by atoms with Crippen molar-refractivity contribution in [2.75, 3.05) is 19.0 Å². The van der Waals surface area contributed by atoms with Crippen LogP contribution in [-0.2, 0) is 11.3 Å². The fourth-order valence-electron chi connectivity index (χ4n) is 4.28. The molecule has 0 aliphatic carbocycles. The molecule has 1 heterocycles. The van der Waals surface area contributed by atoms with Gasteiger partial charge in [-0.05, 0) is 66.2 Å². The molecule has 0 saturated carbocycles. The maximum absolute atomic E-state index is 13.5. The Morgan fingerprint density at radius 1 is 0.854 bits per heavy atom. The molecule has 0 fully saturated rings. The highest BCUT2D eigenvalue weighted by molar-refractivity contribution is 6.31. The average molecular weight is 585 g/mol. The molecular weight excluding hydrogens is 559 g/mol. The van der Waals surface area contributed by atoms with Gasteiger partial charge in [0.25, 0.3) is 5.91 Å². The number of imidazole rings is 1. The van der Waals surface area contributed by atoms with Crippen LogP contribution in [0.5, 0.6) is 5.75 Å². The molecule has 1 aromatic heterocycles. The van der Waals surface area contributed by atoms with E-state index in [9.17, 15) is 9.59 Å². The molecule has 5 rings (SSSR count). The Bertz CT molecular complexity index is 1640. The second-order valence-electron chi connectivity index (χ2n) is 9.23. The van der Waals surface area contributed by atoms with E-state index in [1.807, 2.05) is 72.9 Å². The number of nitrogens with zero attached hydrogens (tertiary/aromatic N) is 3. The van der Waals surface area contributed by atoms with Gasteiger partial charge in [-0.3, -0.25) is 19.5 Å². The first-order valence-electron chi connectivity index (χ1n) is 12.8. The highest BCUT2D eigenvalue weighted by Crippen LogP contribution is 2.26. The van der Waals surface area contributed by atoms with Gasteiger partial charge in [-0.15, -0.1) is 0 Å². The van der Waals surface area contributed by atoms with E-state index in [1.165, 1.54) is 4.90 Å². The molecule has 0 aliphatic heterocycles. The third-order valence-corrected chi connectivity index (χ3v) is 6.88. The van der Waals surface area contributed by atoms with Crippen LogP contribution in [0.2, 0.25) is 10.0 Å². The summed E-state index contributed by atoms with van der Waals surface area (Å²) >= 11 is 12.1. The van der Waals surface area contributed by atoms with Gasteiger partial charge in [0.05, 0.1) is 12.8 Å². The smallest absolute Gasteiger partial charge is 0.254 e. The van der Waals surface area contributed by atoms with E-state index in [0.717, 1.165) is 16.8 Å². The molecule has 7 nitrogen and oxygen atoms in total. The van der Waals surface area contributed by atoms with Crippen LogP contribution in [0.3, 0.4) is 0 Å². The number of hydrogen-bond donors (Lipinski definition) is 1. The lowest BCUT2D eigenvalue weighted by molar-refractivity contribution is -0.117. The van der Waals surface area contributed by atoms with E-state index in [0.29, 0.717) is 33.0 Å². The Hall–Kier alpha value is -4.59. The molecule has 0 radical (unpaired) electrons. The summed E-state index contributed by atoms with van der Waals surface area (Å²) in [4.78, 5) is 33.1. The van der Waals surface area contributed by atoms with Crippen molar-refractivity contribution in [3.05, 3.63) is 130 Å². The van der Waals surface area contributed by atoms with Crippen LogP contribution in [-0.4, -0.2) is 39.9 Å². The number of carbonyl (C=O) groups is 2. The van der Waals surface area contributed by atoms with E-state index in [2.05, 4.69) is 5.32 Å². The SMILES string of the molecule is COc1ccc(-n2cc(-c3ccc(Cl)cc3)nc2NC(=O)CN(Cc2ccccc2)C(=O)c2ccc(Cl)cc2)cc1. The van der Waals surface area contributed by atoms with Crippen molar-refractivity contribution >= 4 is 41.0 Å². The normalized spacial score (nSPS) is 10.7. The summed E-state index contributed by atoms with van der Waals surface area (Å²) in [7, 11) is 1.60. The number of ether oxygens (including phenoxy) is 1. The predicted molar refractivity (Wildman–Crippen MR) is 162 cm³/mol. The Kier molecular flexibility index (Phi) is 8.67. The van der Waals surface area contributed by atoms with Crippen LogP contribution in [0, 0.1) is 0 Å². The second-order valence-corrected chi connectivity index (χ2v) is 10.1. The molecule has 9 heteroatoms. The monoisotopic (exact) mass is 584 g/mol. The average Bonchev–Trinajstić information content (AvgIpc) is 3.41. The number of methoxy groups -OCH3 is 1. The number of halogens is 2. The Balaban J connectivity index is 1.44. The van der Waals surface area contributed by atoms with Crippen LogP contribution in [0.4, 0.5) is 5.95 Å². The van der Waals surface area contributed by atoms with E-state index < -0.39 is 5.91 Å². The number of benzene rings is 4. The summed E-state index contributed by atoms with van der Waals surface area (Å²) in [6.45, 7) is 0.0563. The lowest BCUT2D eigenvalue weighted by atomic mass is 10.1. The molecule has 0 aliphatic rings. The lowest BCUT2D eigenvalue weighted by Crippen LogP contribution is -2.38. The van der Waals surface area contributed by atoms with Crippen LogP contribution in [0.15, 0.2) is 109 Å². The standard InChI is InChI=1S/C32H26Cl2N4O3/c1-41-28-17-15-27(16-18-28)38-20-29(23-7-11-25(33)12-8-23)35-32(38)36-30(39)21-37(19-22-5-3-2-4-6-22)31(40)24-9-13-26(34)14-10-24/h2-18,20H,19,21H2,1H3,(H,35,36,39). The number of rotatable bonds is 9. The van der Waals surface area contributed by atoms with Gasteiger partial charge in [0.2, 0.25) is 11.9 Å². The van der Waals surface area contributed by atoms with Crippen molar-refractivity contribution in [3.63, 3.8) is 0 Å². The molecule has 1 N–H and O–H groups in total. The Morgan fingerprint density at radius 2 is 1.49 bits per heavy atom. The summed E-state index contributed by atoms with van der Waals surface area (Å²) in [6, 6.07) is 30.8. The van der Waals surface area contributed by atoms with Gasteiger partial charge in [-0.1, -0.05) is 65.7 Å². The minimum absolute atomic E-state index is 0.192. The first-order valence-corrected chi connectivity index (χ1v) is 13.5. The molecule has 2 amide bonds. The van der Waals surface area contributed by atoms with E-state index in [-0.39, 0.29) is 19.0 Å². The summed E-state index contributed by atoms with van der Waals surface area (Å²) in [5.74, 6) is 0.325. The van der Waals surface area contributed by atoms with Crippen LogP contribution < -0.4 is 10.1 Å². The lowest BCUT2D eigenvalue weighted by Gasteiger charge is -2.22. The molecule has 0 bridgehead atoms. The van der Waals surface area contributed by atoms with Gasteiger partial charge < -0.3 is 9.64 Å². The fraction of sp³-hybridized carbons (Fsp3) is 0.0938. The fourth-order valence-corrected chi connectivity index (χ4v) is 4.54. The maximum Gasteiger partial charge on any atom is 0.254 e. The van der Waals surface area contributed by atoms with Crippen LogP contribution >= 0.6 is 23.2 Å². The zero-order valence-corrected chi connectivity index (χ0v) is 23.6. The molecule has 0 unspecified atom stereocenters. The maximum atomic E-state index is 13.5. The van der Waals surface area contributed by atoms with Crippen molar-refractivity contribution in [1.82, 2.24) is 14.5 Å². The number of nitrogens with one attached hydrogen (secondary N) is 1. The quantitative estimate of drug-likeness (QED) is 0.200. The van der Waals surface area contributed by atoms with Gasteiger partial charge in [0.1, 0.15) is 12.3 Å². The summed E-state index contributed by atoms with van der Waals surface area (Å²) in [5, 5.41) is 4.05. The largest absolute Gasteiger partial charge is 0.497 e. The van der Waals surface area contributed by atoms with E-state index in [4.69, 9.17) is 32.9 Å². The molecule has 206 valence electrons. The highest BCUT2D eigenvalue weighted by Gasteiger charge is 2.21. The molecule has 0 spiro atoms. The molecule has 0 atom stereocenters. The van der Waals surface area contributed by atoms with Crippen molar-refractivity contribution in [1.29, 1.82) is 0 Å². The third-order valence-electron chi connectivity index (χ3n) is 6.38. The second kappa shape index (κ2) is 12.7. The van der Waals surface area contributed by atoms with Crippen LogP contribution in [0.1, 0.15) is 15.9 Å². The van der Waals surface area contributed by atoms with Crippen molar-refractivity contribution < 1.29 is 14.3 Å². The first-order chi connectivity index (χ1) is 19.9. The molecule has 41 heavy (non-hydrogen) atoms. The third kappa shape index (κ3) is 6.95. The number of hydrogen-bond acceptors (Lipinski definition) is 4. The van der Waals surface area contributed by atoms with Gasteiger partial charge in [-0.25, -0.2) is 4.98 Å². The van der Waals surface area contributed by atoms with Gasteiger partial charge in [0, 0.05) is 39.6 Å². The van der Waals surface area contributed by atoms with Gasteiger partial charge >= 0.3 is 0 Å². The van der Waals surface area contributed by atoms with Crippen LogP contribution in [0.25, 0.3) is 16.9 Å². The minimum atomic E-state index is -0.397.